The predicted molar refractivity (Wildman–Crippen MR) is 215 cm³/mol. The van der Waals surface area contributed by atoms with Crippen molar-refractivity contribution in [2.24, 2.45) is 9.98 Å². The van der Waals surface area contributed by atoms with E-state index in [0.29, 0.717) is 0 Å². The third kappa shape index (κ3) is 7.16. The molecular formula is C45H41N7O2. The third-order valence-electron chi connectivity index (χ3n) is 10.3. The molecule has 3 aromatic heterocycles. The van der Waals surface area contributed by atoms with Crippen molar-refractivity contribution in [2.75, 3.05) is 62.4 Å². The third-order valence-corrected chi connectivity index (χ3v) is 10.3. The molecule has 9 nitrogen and oxygen atoms in total. The predicted octanol–water partition coefficient (Wildman–Crippen LogP) is 7.27. The van der Waals surface area contributed by atoms with E-state index in [1.54, 1.807) is 0 Å². The molecule has 9 heteroatoms. The lowest BCUT2D eigenvalue weighted by molar-refractivity contribution is 0.122. The molecule has 268 valence electrons. The summed E-state index contributed by atoms with van der Waals surface area (Å²) in [6.07, 6.45) is 5.54. The van der Waals surface area contributed by atoms with Crippen LogP contribution in [-0.4, -0.2) is 79.0 Å². The van der Waals surface area contributed by atoms with Gasteiger partial charge in [-0.15, -0.1) is 0 Å². The maximum absolute atomic E-state index is 5.48. The number of morpholine rings is 2. The molecule has 0 atom stereocenters. The van der Waals surface area contributed by atoms with Crippen molar-refractivity contribution in [1.82, 2.24) is 15.0 Å². The number of nitrogens with zero attached hydrogens (tertiary/aromatic N) is 7. The van der Waals surface area contributed by atoms with Crippen LogP contribution < -0.4 is 9.80 Å². The van der Waals surface area contributed by atoms with Crippen LogP contribution in [0, 0.1) is 0 Å². The van der Waals surface area contributed by atoms with Gasteiger partial charge < -0.3 is 19.3 Å². The van der Waals surface area contributed by atoms with Gasteiger partial charge in [-0.25, -0.2) is 4.98 Å². The number of aromatic nitrogens is 3. The van der Waals surface area contributed by atoms with Crippen LogP contribution in [-0.2, 0) is 22.6 Å². The van der Waals surface area contributed by atoms with Crippen molar-refractivity contribution >= 4 is 22.9 Å². The van der Waals surface area contributed by atoms with Crippen molar-refractivity contribution in [3.63, 3.8) is 0 Å². The number of ether oxygens (including phenoxy) is 2. The average Bonchev–Trinajstić information content (AvgIpc) is 3.89. The highest BCUT2D eigenvalue weighted by Gasteiger charge is 2.22. The first-order chi connectivity index (χ1) is 26.8. The molecule has 0 spiro atoms. The number of hydrogen-bond acceptors (Lipinski definition) is 9. The summed E-state index contributed by atoms with van der Waals surface area (Å²) in [5.74, 6) is 0.993. The lowest BCUT2D eigenvalue weighted by Crippen LogP contribution is -2.36. The smallest absolute Gasteiger partial charge is 0.129 e. The zero-order valence-corrected chi connectivity index (χ0v) is 30.1. The van der Waals surface area contributed by atoms with E-state index in [0.717, 1.165) is 111 Å². The Hall–Kier alpha value is -6.03. The summed E-state index contributed by atoms with van der Waals surface area (Å²) in [5.41, 5.74) is 14.8. The van der Waals surface area contributed by atoms with Crippen LogP contribution in [0.2, 0.25) is 0 Å². The molecule has 3 aromatic carbocycles. The van der Waals surface area contributed by atoms with Gasteiger partial charge in [0.15, 0.2) is 0 Å². The van der Waals surface area contributed by atoms with Crippen molar-refractivity contribution in [1.29, 1.82) is 0 Å². The highest BCUT2D eigenvalue weighted by Crippen LogP contribution is 2.31. The number of fused-ring (bicyclic) bond motifs is 2. The number of pyridine rings is 3. The van der Waals surface area contributed by atoms with Crippen molar-refractivity contribution in [3.05, 3.63) is 161 Å². The Balaban J connectivity index is 0.000000142. The average molecular weight is 712 g/mol. The van der Waals surface area contributed by atoms with Crippen LogP contribution in [0.5, 0.6) is 0 Å². The summed E-state index contributed by atoms with van der Waals surface area (Å²) < 4.78 is 10.9. The highest BCUT2D eigenvalue weighted by molar-refractivity contribution is 6.16. The van der Waals surface area contributed by atoms with Crippen LogP contribution in [0.1, 0.15) is 33.4 Å². The summed E-state index contributed by atoms with van der Waals surface area (Å²) >= 11 is 0. The Morgan fingerprint density at radius 2 is 1.02 bits per heavy atom. The second-order valence-corrected chi connectivity index (χ2v) is 13.7. The van der Waals surface area contributed by atoms with Crippen LogP contribution in [0.25, 0.3) is 22.5 Å². The van der Waals surface area contributed by atoms with Gasteiger partial charge in [0.25, 0.3) is 0 Å². The van der Waals surface area contributed by atoms with Crippen molar-refractivity contribution in [3.8, 4) is 22.5 Å². The molecule has 0 aliphatic carbocycles. The lowest BCUT2D eigenvalue weighted by atomic mass is 9.96. The Kier molecular flexibility index (Phi) is 9.71. The number of anilines is 2. The minimum absolute atomic E-state index is 0.725. The number of hydrogen-bond donors (Lipinski definition) is 0. The summed E-state index contributed by atoms with van der Waals surface area (Å²) in [4.78, 5) is 27.9. The van der Waals surface area contributed by atoms with Crippen LogP contribution in [0.15, 0.2) is 138 Å². The fourth-order valence-electron chi connectivity index (χ4n) is 7.45. The van der Waals surface area contributed by atoms with E-state index in [9.17, 15) is 0 Å². The van der Waals surface area contributed by atoms with E-state index in [4.69, 9.17) is 19.5 Å². The first kappa shape index (κ1) is 33.8. The molecule has 0 N–H and O–H groups in total. The van der Waals surface area contributed by atoms with Gasteiger partial charge >= 0.3 is 0 Å². The Morgan fingerprint density at radius 1 is 0.444 bits per heavy atom. The summed E-state index contributed by atoms with van der Waals surface area (Å²) in [6.45, 7) is 8.20. The normalized spacial score (nSPS) is 16.1. The molecule has 0 saturated carbocycles. The Labute approximate surface area is 315 Å². The molecule has 6 aromatic rings. The molecule has 4 aliphatic heterocycles. The summed E-state index contributed by atoms with van der Waals surface area (Å²) in [5, 5.41) is 0. The SMILES string of the molecule is c1ccc(-c2ccc3c(c2)C(c2cccc(N4CCOCC4)c2)=NC3)nc1.c1ccc(-c2ccc3c(c2)C(c2ccnc(N4CCOCC4)c2)=NC3)nc1. The van der Waals surface area contributed by atoms with Gasteiger partial charge in [-0.1, -0.05) is 48.5 Å². The van der Waals surface area contributed by atoms with Gasteiger partial charge in [-0.05, 0) is 71.8 Å². The van der Waals surface area contributed by atoms with Crippen molar-refractivity contribution < 1.29 is 9.47 Å². The molecule has 2 fully saturated rings. The zero-order chi connectivity index (χ0) is 36.1. The van der Waals surface area contributed by atoms with Gasteiger partial charge in [0.1, 0.15) is 5.82 Å². The molecule has 0 radical (unpaired) electrons. The maximum atomic E-state index is 5.48. The largest absolute Gasteiger partial charge is 0.378 e. The lowest BCUT2D eigenvalue weighted by Gasteiger charge is -2.29. The molecule has 7 heterocycles. The molecule has 0 unspecified atom stereocenters. The second-order valence-electron chi connectivity index (χ2n) is 13.7. The molecule has 54 heavy (non-hydrogen) atoms. The minimum Gasteiger partial charge on any atom is -0.378 e. The first-order valence-corrected chi connectivity index (χ1v) is 18.7. The van der Waals surface area contributed by atoms with E-state index >= 15 is 0 Å². The monoisotopic (exact) mass is 711 g/mol. The standard InChI is InChI=1S/C23H21N3O.C22H20N4O/c1-2-9-24-22(6-1)17-7-8-19-16-25-23(21(19)15-17)18-4-3-5-20(14-18)26-10-12-27-13-11-26;1-2-7-23-20(3-1)16-4-5-18-15-25-22(19(18)13-16)17-6-8-24-21(14-17)26-9-11-27-12-10-26/h1-9,14-15H,10-13,16H2;1-8,13-14H,9-12,15H2. The van der Waals surface area contributed by atoms with Gasteiger partial charge in [0.05, 0.1) is 62.3 Å². The van der Waals surface area contributed by atoms with Crippen LogP contribution in [0.4, 0.5) is 11.5 Å². The van der Waals surface area contributed by atoms with Crippen molar-refractivity contribution in [2.45, 2.75) is 13.1 Å². The second kappa shape index (κ2) is 15.5. The molecule has 10 rings (SSSR count). The fourth-order valence-corrected chi connectivity index (χ4v) is 7.45. The van der Waals surface area contributed by atoms with Gasteiger partial charge in [-0.2, -0.15) is 0 Å². The first-order valence-electron chi connectivity index (χ1n) is 18.7. The van der Waals surface area contributed by atoms with Gasteiger partial charge in [-0.3, -0.25) is 20.0 Å². The van der Waals surface area contributed by atoms with E-state index in [1.165, 1.54) is 33.5 Å². The Morgan fingerprint density at radius 3 is 1.59 bits per heavy atom. The molecule has 0 amide bonds. The highest BCUT2D eigenvalue weighted by atomic mass is 16.5. The number of benzene rings is 3. The minimum atomic E-state index is 0.725. The van der Waals surface area contributed by atoms with E-state index < -0.39 is 0 Å². The van der Waals surface area contributed by atoms with E-state index in [1.807, 2.05) is 61.1 Å². The summed E-state index contributed by atoms with van der Waals surface area (Å²) in [6, 6.07) is 38.0. The maximum Gasteiger partial charge on any atom is 0.129 e. The van der Waals surface area contributed by atoms with Gasteiger partial charge in [0.2, 0.25) is 0 Å². The Bertz CT molecular complexity index is 2150. The molecular weight excluding hydrogens is 671 g/mol. The topological polar surface area (TPSA) is 88.3 Å². The van der Waals surface area contributed by atoms with Crippen LogP contribution >= 0.6 is 0 Å². The number of rotatable bonds is 6. The molecule has 2 saturated heterocycles. The molecule has 4 aliphatic rings. The van der Waals surface area contributed by atoms with Crippen LogP contribution in [0.3, 0.4) is 0 Å². The van der Waals surface area contributed by atoms with E-state index in [-0.39, 0.29) is 0 Å². The molecule has 0 bridgehead atoms. The number of aliphatic imine (C=N–C) groups is 2. The zero-order valence-electron chi connectivity index (χ0n) is 30.1. The quantitative estimate of drug-likeness (QED) is 0.180. The van der Waals surface area contributed by atoms with Gasteiger partial charge in [0, 0.05) is 83.8 Å². The fraction of sp³-hybridized carbons (Fsp3) is 0.222. The van der Waals surface area contributed by atoms with E-state index in [2.05, 4.69) is 91.5 Å². The summed E-state index contributed by atoms with van der Waals surface area (Å²) in [7, 11) is 0.